The fourth-order valence-electron chi connectivity index (χ4n) is 1.30. The first-order chi connectivity index (χ1) is 5.75. The van der Waals surface area contributed by atoms with Gasteiger partial charge in [0.05, 0.1) is 18.5 Å². The second kappa shape index (κ2) is 3.93. The number of carbonyl (C=O) groups is 1. The number of hydrogen-bond donors (Lipinski definition) is 2. The minimum Gasteiger partial charge on any atom is -0.465 e. The number of carboxylic acid groups (broad SMARTS) is 1. The molecular weight excluding hydrogens is 158 g/mol. The molecule has 12 heavy (non-hydrogen) atoms. The van der Waals surface area contributed by atoms with Gasteiger partial charge in [0.15, 0.2) is 0 Å². The Kier molecular flexibility index (Phi) is 2.88. The molecule has 1 saturated heterocycles. The van der Waals surface area contributed by atoms with Gasteiger partial charge in [0.1, 0.15) is 0 Å². The lowest BCUT2D eigenvalue weighted by atomic mass is 10.1. The van der Waals surface area contributed by atoms with Crippen LogP contribution in [0.2, 0.25) is 0 Å². The highest BCUT2D eigenvalue weighted by Crippen LogP contribution is 2.06. The first kappa shape index (κ1) is 8.81. The fraction of sp³-hybridized carbons (Fsp3) is 0.714. The number of piperazine rings is 1. The molecule has 1 aliphatic heterocycles. The molecule has 1 rings (SSSR count). The van der Waals surface area contributed by atoms with Crippen molar-refractivity contribution < 1.29 is 9.90 Å². The van der Waals surface area contributed by atoms with Crippen LogP contribution in [0.1, 0.15) is 6.42 Å². The Morgan fingerprint density at radius 3 is 3.17 bits per heavy atom. The predicted octanol–water partition coefficient (Wildman–Crippen LogP) is -0.148. The summed E-state index contributed by atoms with van der Waals surface area (Å²) < 4.78 is 0. The van der Waals surface area contributed by atoms with Gasteiger partial charge < -0.3 is 15.3 Å². The van der Waals surface area contributed by atoms with E-state index in [1.807, 2.05) is 6.07 Å². The third kappa shape index (κ3) is 1.86. The Balaban J connectivity index is 2.55. The first-order valence-corrected chi connectivity index (χ1v) is 3.83. The summed E-state index contributed by atoms with van der Waals surface area (Å²) in [6.45, 7) is 1.73. The van der Waals surface area contributed by atoms with Crippen LogP contribution in [0.5, 0.6) is 0 Å². The molecule has 5 heteroatoms. The molecule has 0 aromatic carbocycles. The van der Waals surface area contributed by atoms with Crippen molar-refractivity contribution in [2.75, 3.05) is 19.6 Å². The lowest BCUT2D eigenvalue weighted by Gasteiger charge is -2.32. The number of nitriles is 1. The highest BCUT2D eigenvalue weighted by atomic mass is 16.4. The molecule has 1 aliphatic rings. The lowest BCUT2D eigenvalue weighted by Crippen LogP contribution is -2.53. The maximum Gasteiger partial charge on any atom is 0.407 e. The minimum atomic E-state index is -0.934. The molecule has 0 aromatic heterocycles. The van der Waals surface area contributed by atoms with Crippen LogP contribution >= 0.6 is 0 Å². The largest absolute Gasteiger partial charge is 0.465 e. The van der Waals surface area contributed by atoms with E-state index in [1.165, 1.54) is 4.90 Å². The molecule has 1 amide bonds. The van der Waals surface area contributed by atoms with Crippen molar-refractivity contribution in [2.45, 2.75) is 12.5 Å². The lowest BCUT2D eigenvalue weighted by molar-refractivity contribution is 0.113. The van der Waals surface area contributed by atoms with Crippen molar-refractivity contribution in [3.05, 3.63) is 0 Å². The van der Waals surface area contributed by atoms with E-state index in [9.17, 15) is 4.79 Å². The smallest absolute Gasteiger partial charge is 0.407 e. The van der Waals surface area contributed by atoms with Crippen molar-refractivity contribution in [2.24, 2.45) is 0 Å². The molecule has 2 N–H and O–H groups in total. The van der Waals surface area contributed by atoms with Gasteiger partial charge in [0.25, 0.3) is 0 Å². The molecule has 0 saturated carbocycles. The third-order valence-electron chi connectivity index (χ3n) is 1.92. The van der Waals surface area contributed by atoms with E-state index in [0.29, 0.717) is 19.6 Å². The van der Waals surface area contributed by atoms with Gasteiger partial charge in [-0.25, -0.2) is 4.79 Å². The van der Waals surface area contributed by atoms with Crippen molar-refractivity contribution in [1.82, 2.24) is 10.2 Å². The second-order valence-electron chi connectivity index (χ2n) is 2.70. The molecule has 0 bridgehead atoms. The number of rotatable bonds is 1. The molecular formula is C7H11N3O2. The second-order valence-corrected chi connectivity index (χ2v) is 2.70. The van der Waals surface area contributed by atoms with Gasteiger partial charge in [-0.3, -0.25) is 0 Å². The van der Waals surface area contributed by atoms with Gasteiger partial charge in [-0.1, -0.05) is 0 Å². The van der Waals surface area contributed by atoms with Crippen LogP contribution in [0.15, 0.2) is 0 Å². The van der Waals surface area contributed by atoms with Crippen LogP contribution in [-0.4, -0.2) is 41.8 Å². The zero-order valence-corrected chi connectivity index (χ0v) is 6.66. The average Bonchev–Trinajstić information content (AvgIpc) is 2.05. The minimum absolute atomic E-state index is 0.179. The molecule has 1 heterocycles. The number of amides is 1. The molecule has 0 aliphatic carbocycles. The summed E-state index contributed by atoms with van der Waals surface area (Å²) in [4.78, 5) is 11.9. The van der Waals surface area contributed by atoms with Crippen molar-refractivity contribution in [3.8, 4) is 6.07 Å². The van der Waals surface area contributed by atoms with Crippen molar-refractivity contribution >= 4 is 6.09 Å². The maximum absolute atomic E-state index is 10.6. The van der Waals surface area contributed by atoms with E-state index in [-0.39, 0.29) is 12.5 Å². The van der Waals surface area contributed by atoms with E-state index in [2.05, 4.69) is 5.32 Å². The normalized spacial score (nSPS) is 23.2. The Labute approximate surface area is 70.6 Å². The summed E-state index contributed by atoms with van der Waals surface area (Å²) in [7, 11) is 0. The maximum atomic E-state index is 10.6. The summed E-state index contributed by atoms with van der Waals surface area (Å²) in [5.74, 6) is 0. The molecule has 1 fully saturated rings. The van der Waals surface area contributed by atoms with Gasteiger partial charge in [0.2, 0.25) is 0 Å². The SMILES string of the molecule is N#CC[C@@H]1CNCCN1C(=O)O. The predicted molar refractivity (Wildman–Crippen MR) is 41.6 cm³/mol. The summed E-state index contributed by atoms with van der Waals surface area (Å²) >= 11 is 0. The molecule has 0 unspecified atom stereocenters. The number of hydrogen-bond acceptors (Lipinski definition) is 3. The van der Waals surface area contributed by atoms with Crippen LogP contribution in [0.4, 0.5) is 4.79 Å². The van der Waals surface area contributed by atoms with Crippen molar-refractivity contribution in [3.63, 3.8) is 0 Å². The van der Waals surface area contributed by atoms with Crippen LogP contribution < -0.4 is 5.32 Å². The van der Waals surface area contributed by atoms with E-state index in [1.54, 1.807) is 0 Å². The Bertz CT molecular complexity index is 211. The summed E-state index contributed by atoms with van der Waals surface area (Å²) in [6, 6.07) is 1.80. The Morgan fingerprint density at radius 2 is 2.58 bits per heavy atom. The summed E-state index contributed by atoms with van der Waals surface area (Å²) in [5.41, 5.74) is 0. The van der Waals surface area contributed by atoms with E-state index < -0.39 is 6.09 Å². The molecule has 0 spiro atoms. The standard InChI is InChI=1S/C7H11N3O2/c8-2-1-6-5-9-3-4-10(6)7(11)12/h6,9H,1,3-5H2,(H,11,12)/t6-/m1/s1. The average molecular weight is 169 g/mol. The zero-order valence-electron chi connectivity index (χ0n) is 6.66. The third-order valence-corrected chi connectivity index (χ3v) is 1.92. The van der Waals surface area contributed by atoms with Gasteiger partial charge in [0, 0.05) is 19.6 Å². The van der Waals surface area contributed by atoms with E-state index >= 15 is 0 Å². The molecule has 66 valence electrons. The van der Waals surface area contributed by atoms with Gasteiger partial charge in [-0.05, 0) is 0 Å². The van der Waals surface area contributed by atoms with E-state index in [0.717, 1.165) is 0 Å². The highest BCUT2D eigenvalue weighted by Gasteiger charge is 2.25. The van der Waals surface area contributed by atoms with Crippen LogP contribution in [0, 0.1) is 11.3 Å². The quantitative estimate of drug-likeness (QED) is 0.572. The molecule has 0 aromatic rings. The Hall–Kier alpha value is -1.28. The topological polar surface area (TPSA) is 76.4 Å². The van der Waals surface area contributed by atoms with Gasteiger partial charge in [-0.15, -0.1) is 0 Å². The van der Waals surface area contributed by atoms with Crippen LogP contribution in [0.3, 0.4) is 0 Å². The van der Waals surface area contributed by atoms with Crippen molar-refractivity contribution in [1.29, 1.82) is 5.26 Å². The zero-order chi connectivity index (χ0) is 8.97. The van der Waals surface area contributed by atoms with Gasteiger partial charge >= 0.3 is 6.09 Å². The monoisotopic (exact) mass is 169 g/mol. The van der Waals surface area contributed by atoms with Crippen LogP contribution in [-0.2, 0) is 0 Å². The van der Waals surface area contributed by atoms with Crippen LogP contribution in [0.25, 0.3) is 0 Å². The fourth-order valence-corrected chi connectivity index (χ4v) is 1.30. The number of nitrogens with one attached hydrogen (secondary N) is 1. The molecule has 0 radical (unpaired) electrons. The molecule has 1 atom stereocenters. The summed E-state index contributed by atoms with van der Waals surface area (Å²) in [6.07, 6.45) is -0.670. The summed E-state index contributed by atoms with van der Waals surface area (Å²) in [5, 5.41) is 20.2. The highest BCUT2D eigenvalue weighted by molar-refractivity contribution is 5.65. The molecule has 5 nitrogen and oxygen atoms in total. The van der Waals surface area contributed by atoms with E-state index in [4.69, 9.17) is 10.4 Å². The Morgan fingerprint density at radius 1 is 1.83 bits per heavy atom. The first-order valence-electron chi connectivity index (χ1n) is 3.83. The number of nitrogens with zero attached hydrogens (tertiary/aromatic N) is 2. The van der Waals surface area contributed by atoms with Gasteiger partial charge in [-0.2, -0.15) is 5.26 Å².